The van der Waals surface area contributed by atoms with E-state index in [2.05, 4.69) is 10.3 Å². The third kappa shape index (κ3) is 5.31. The van der Waals surface area contributed by atoms with E-state index >= 15 is 0 Å². The van der Waals surface area contributed by atoms with Crippen LogP contribution >= 0.6 is 0 Å². The van der Waals surface area contributed by atoms with Gasteiger partial charge >= 0.3 is 0 Å². The molecule has 0 spiro atoms. The van der Waals surface area contributed by atoms with Gasteiger partial charge in [0.05, 0.1) is 6.10 Å². The van der Waals surface area contributed by atoms with E-state index in [-0.39, 0.29) is 17.9 Å². The van der Waals surface area contributed by atoms with E-state index in [0.717, 1.165) is 18.6 Å². The molecule has 0 radical (unpaired) electrons. The van der Waals surface area contributed by atoms with Crippen molar-refractivity contribution < 1.29 is 14.3 Å². The van der Waals surface area contributed by atoms with Crippen molar-refractivity contribution in [3.8, 4) is 5.75 Å². The summed E-state index contributed by atoms with van der Waals surface area (Å²) < 4.78 is 5.60. The highest BCUT2D eigenvalue weighted by molar-refractivity contribution is 5.94. The number of aromatic nitrogens is 1. The smallest absolute Gasteiger partial charge is 0.253 e. The Kier molecular flexibility index (Phi) is 6.63. The number of hydrogen-bond acceptors (Lipinski definition) is 4. The van der Waals surface area contributed by atoms with Gasteiger partial charge in [0.2, 0.25) is 0 Å². The van der Waals surface area contributed by atoms with Crippen molar-refractivity contribution in [3.63, 3.8) is 0 Å². The number of amides is 2. The minimum absolute atomic E-state index is 0.0496. The summed E-state index contributed by atoms with van der Waals surface area (Å²) in [5.41, 5.74) is 1.30. The van der Waals surface area contributed by atoms with Crippen LogP contribution in [0.1, 0.15) is 47.4 Å². The molecule has 1 N–H and O–H groups in total. The molecule has 6 nitrogen and oxygen atoms in total. The van der Waals surface area contributed by atoms with Gasteiger partial charge in [-0.05, 0) is 69.0 Å². The van der Waals surface area contributed by atoms with Crippen LogP contribution in [0.3, 0.4) is 0 Å². The Hall–Kier alpha value is -2.89. The number of nitrogens with zero attached hydrogens (tertiary/aromatic N) is 2. The summed E-state index contributed by atoms with van der Waals surface area (Å²) in [6, 6.07) is 10.7. The number of hydrogen-bond donors (Lipinski definition) is 1. The van der Waals surface area contributed by atoms with E-state index in [4.69, 9.17) is 4.74 Å². The zero-order chi connectivity index (χ0) is 19.9. The van der Waals surface area contributed by atoms with Crippen LogP contribution in [-0.2, 0) is 0 Å². The molecule has 28 heavy (non-hydrogen) atoms. The topological polar surface area (TPSA) is 71.5 Å². The van der Waals surface area contributed by atoms with Gasteiger partial charge in [-0.25, -0.2) is 0 Å². The molecule has 6 heteroatoms. The summed E-state index contributed by atoms with van der Waals surface area (Å²) in [7, 11) is 0. The zero-order valence-electron chi connectivity index (χ0n) is 16.4. The number of nitrogens with one attached hydrogen (secondary N) is 1. The predicted molar refractivity (Wildman–Crippen MR) is 107 cm³/mol. The van der Waals surface area contributed by atoms with Crippen molar-refractivity contribution in [3.05, 3.63) is 59.9 Å². The van der Waals surface area contributed by atoms with Crippen LogP contribution in [0.4, 0.5) is 0 Å². The Labute approximate surface area is 165 Å². The molecule has 148 valence electrons. The first-order valence-electron chi connectivity index (χ1n) is 9.77. The number of carbonyl (C=O) groups is 2. The second-order valence-corrected chi connectivity index (χ2v) is 7.37. The Morgan fingerprint density at radius 3 is 2.32 bits per heavy atom. The lowest BCUT2D eigenvalue weighted by atomic mass is 9.96. The lowest BCUT2D eigenvalue weighted by Gasteiger charge is -2.32. The molecule has 1 aromatic carbocycles. The molecule has 2 amide bonds. The molecule has 3 rings (SSSR count). The van der Waals surface area contributed by atoms with E-state index in [9.17, 15) is 9.59 Å². The third-order valence-corrected chi connectivity index (χ3v) is 4.87. The van der Waals surface area contributed by atoms with Gasteiger partial charge in [-0.1, -0.05) is 0 Å². The van der Waals surface area contributed by atoms with E-state index < -0.39 is 0 Å². The first-order chi connectivity index (χ1) is 13.5. The molecule has 0 unspecified atom stereocenters. The number of pyridine rings is 1. The van der Waals surface area contributed by atoms with Gasteiger partial charge in [-0.2, -0.15) is 0 Å². The van der Waals surface area contributed by atoms with Gasteiger partial charge in [0.25, 0.3) is 11.8 Å². The van der Waals surface area contributed by atoms with E-state index in [1.54, 1.807) is 36.7 Å². The molecule has 1 aromatic heterocycles. The lowest BCUT2D eigenvalue weighted by Crippen LogP contribution is -2.41. The van der Waals surface area contributed by atoms with Crippen LogP contribution in [0.5, 0.6) is 5.75 Å². The summed E-state index contributed by atoms with van der Waals surface area (Å²) in [5.74, 6) is 1.12. The van der Waals surface area contributed by atoms with Crippen molar-refractivity contribution in [1.29, 1.82) is 0 Å². The average molecular weight is 381 g/mol. The molecule has 0 aliphatic carbocycles. The van der Waals surface area contributed by atoms with Crippen LogP contribution < -0.4 is 10.1 Å². The highest BCUT2D eigenvalue weighted by Gasteiger charge is 2.24. The van der Waals surface area contributed by atoms with Gasteiger partial charge in [0, 0.05) is 43.2 Å². The number of rotatable bonds is 6. The normalized spacial score (nSPS) is 14.8. The Morgan fingerprint density at radius 2 is 1.71 bits per heavy atom. The number of carbonyl (C=O) groups excluding carboxylic acids is 2. The summed E-state index contributed by atoms with van der Waals surface area (Å²) >= 11 is 0. The minimum atomic E-state index is -0.0774. The number of ether oxygens (including phenoxy) is 1. The molecule has 2 heterocycles. The molecular weight excluding hydrogens is 354 g/mol. The maximum absolute atomic E-state index is 12.5. The quantitative estimate of drug-likeness (QED) is 0.834. The second kappa shape index (κ2) is 9.35. The van der Waals surface area contributed by atoms with Crippen molar-refractivity contribution in [2.45, 2.75) is 32.8 Å². The molecule has 1 saturated heterocycles. The number of piperidine rings is 1. The first-order valence-corrected chi connectivity index (χ1v) is 9.77. The number of likely N-dealkylation sites (tertiary alicyclic amines) is 1. The largest absolute Gasteiger partial charge is 0.491 e. The van der Waals surface area contributed by atoms with Crippen molar-refractivity contribution in [2.75, 3.05) is 19.6 Å². The van der Waals surface area contributed by atoms with E-state index in [1.165, 1.54) is 0 Å². The summed E-state index contributed by atoms with van der Waals surface area (Å²) in [6.45, 7) is 5.99. The summed E-state index contributed by atoms with van der Waals surface area (Å²) in [5, 5.41) is 3.01. The van der Waals surface area contributed by atoms with Crippen molar-refractivity contribution >= 4 is 11.8 Å². The Morgan fingerprint density at radius 1 is 1.07 bits per heavy atom. The van der Waals surface area contributed by atoms with Crippen LogP contribution in [-0.4, -0.2) is 47.4 Å². The van der Waals surface area contributed by atoms with Gasteiger partial charge in [-0.3, -0.25) is 14.6 Å². The average Bonchev–Trinajstić information content (AvgIpc) is 2.72. The van der Waals surface area contributed by atoms with Crippen molar-refractivity contribution in [2.24, 2.45) is 5.92 Å². The fourth-order valence-electron chi connectivity index (χ4n) is 3.31. The highest BCUT2D eigenvalue weighted by atomic mass is 16.5. The molecule has 2 aromatic rings. The molecule has 0 atom stereocenters. The standard InChI is InChI=1S/C22H27N3O3/c1-16(2)28-20-5-3-18(4-6-20)21(26)24-15-17-9-13-25(14-10-17)22(27)19-7-11-23-12-8-19/h3-8,11-12,16-17H,9-10,13-15H2,1-2H3,(H,24,26). The highest BCUT2D eigenvalue weighted by Crippen LogP contribution is 2.19. The zero-order valence-corrected chi connectivity index (χ0v) is 16.4. The summed E-state index contributed by atoms with van der Waals surface area (Å²) in [4.78, 5) is 30.7. The van der Waals surface area contributed by atoms with Gasteiger partial charge < -0.3 is 15.0 Å². The lowest BCUT2D eigenvalue weighted by molar-refractivity contribution is 0.0684. The molecular formula is C22H27N3O3. The fraction of sp³-hybridized carbons (Fsp3) is 0.409. The fourth-order valence-corrected chi connectivity index (χ4v) is 3.31. The van der Waals surface area contributed by atoms with Crippen LogP contribution in [0.25, 0.3) is 0 Å². The Bertz CT molecular complexity index is 782. The van der Waals surface area contributed by atoms with Crippen LogP contribution in [0.15, 0.2) is 48.8 Å². The second-order valence-electron chi connectivity index (χ2n) is 7.37. The summed E-state index contributed by atoms with van der Waals surface area (Å²) in [6.07, 6.45) is 5.15. The molecule has 1 fully saturated rings. The van der Waals surface area contributed by atoms with Crippen LogP contribution in [0.2, 0.25) is 0 Å². The Balaban J connectivity index is 1.43. The molecule has 1 aliphatic rings. The number of benzene rings is 1. The minimum Gasteiger partial charge on any atom is -0.491 e. The predicted octanol–water partition coefficient (Wildman–Crippen LogP) is 3.15. The third-order valence-electron chi connectivity index (χ3n) is 4.87. The van der Waals surface area contributed by atoms with Crippen molar-refractivity contribution in [1.82, 2.24) is 15.2 Å². The van der Waals surface area contributed by atoms with E-state index in [0.29, 0.717) is 36.7 Å². The van der Waals surface area contributed by atoms with E-state index in [1.807, 2.05) is 30.9 Å². The first kappa shape index (κ1) is 19.9. The van der Waals surface area contributed by atoms with Gasteiger partial charge in [-0.15, -0.1) is 0 Å². The molecule has 0 bridgehead atoms. The van der Waals surface area contributed by atoms with Gasteiger partial charge in [0.15, 0.2) is 0 Å². The maximum Gasteiger partial charge on any atom is 0.253 e. The van der Waals surface area contributed by atoms with Crippen LogP contribution in [0, 0.1) is 5.92 Å². The molecule has 1 aliphatic heterocycles. The maximum atomic E-state index is 12.5. The SMILES string of the molecule is CC(C)Oc1ccc(C(=O)NCC2CCN(C(=O)c3ccncc3)CC2)cc1. The monoisotopic (exact) mass is 381 g/mol. The van der Waals surface area contributed by atoms with Gasteiger partial charge in [0.1, 0.15) is 5.75 Å². The molecule has 0 saturated carbocycles.